The van der Waals surface area contributed by atoms with E-state index in [9.17, 15) is 5.11 Å². The minimum Gasteiger partial charge on any atom is -1.00 e. The number of hydrogen-bond acceptors (Lipinski definition) is 6. The van der Waals surface area contributed by atoms with E-state index in [0.29, 0.717) is 0 Å². The number of nitrogens with zero attached hydrogens (tertiary/aromatic N) is 4. The second-order valence-electron chi connectivity index (χ2n) is 13.2. The largest absolute Gasteiger partial charge is 1.00 e. The molecule has 58 heavy (non-hydrogen) atoms. The van der Waals surface area contributed by atoms with Crippen molar-refractivity contribution in [1.82, 2.24) is 40.3 Å². The van der Waals surface area contributed by atoms with Gasteiger partial charge in [0.2, 0.25) is 0 Å². The first-order chi connectivity index (χ1) is 28.1. The van der Waals surface area contributed by atoms with E-state index in [0.717, 1.165) is 94.9 Å². The molecule has 5 heterocycles. The van der Waals surface area contributed by atoms with Crippen LogP contribution >= 0.6 is 0 Å². The first-order valence-corrected chi connectivity index (χ1v) is 18.3. The van der Waals surface area contributed by atoms with E-state index in [1.807, 2.05) is 122 Å². The summed E-state index contributed by atoms with van der Waals surface area (Å²) >= 11 is 0. The lowest BCUT2D eigenvalue weighted by Gasteiger charge is -2.04. The van der Waals surface area contributed by atoms with Gasteiger partial charge in [0.1, 0.15) is 22.9 Å². The highest BCUT2D eigenvalue weighted by Crippen LogP contribution is 2.32. The van der Waals surface area contributed by atoms with E-state index in [1.54, 1.807) is 19.2 Å². The van der Waals surface area contributed by atoms with E-state index in [4.69, 9.17) is 4.74 Å². The summed E-state index contributed by atoms with van der Waals surface area (Å²) in [5, 5.41) is 26.6. The number of nitrogens with one attached hydrogen (secondary N) is 5. The summed E-state index contributed by atoms with van der Waals surface area (Å²) in [4.78, 5) is 18.9. The summed E-state index contributed by atoms with van der Waals surface area (Å²) in [5.41, 5.74) is 11.8. The van der Waals surface area contributed by atoms with Crippen LogP contribution in [0.5, 0.6) is 11.5 Å². The van der Waals surface area contributed by atoms with Crippen LogP contribution in [0.3, 0.4) is 0 Å². The van der Waals surface area contributed by atoms with Gasteiger partial charge in [-0.1, -0.05) is 66.7 Å². The van der Waals surface area contributed by atoms with Crippen molar-refractivity contribution in [2.45, 2.75) is 0 Å². The van der Waals surface area contributed by atoms with Gasteiger partial charge in [-0.05, 0) is 95.1 Å². The summed E-state index contributed by atoms with van der Waals surface area (Å²) in [6.45, 7) is 0. The van der Waals surface area contributed by atoms with Crippen molar-refractivity contribution in [3.05, 3.63) is 164 Å². The third kappa shape index (κ3) is 7.70. The maximum atomic E-state index is 9.48. The van der Waals surface area contributed by atoms with Crippen molar-refractivity contribution in [3.63, 3.8) is 0 Å². The molecule has 12 heteroatoms. The van der Waals surface area contributed by atoms with Crippen LogP contribution in [-0.4, -0.2) is 52.5 Å². The Hall–Kier alpha value is -7.76. The second-order valence-corrected chi connectivity index (χ2v) is 13.2. The third-order valence-electron chi connectivity index (χ3n) is 9.58. The van der Waals surface area contributed by atoms with Gasteiger partial charge in [0, 0.05) is 22.9 Å². The van der Waals surface area contributed by atoms with Crippen LogP contribution in [0.1, 0.15) is 0 Å². The van der Waals surface area contributed by atoms with E-state index < -0.39 is 0 Å². The van der Waals surface area contributed by atoms with Crippen molar-refractivity contribution < 1.29 is 27.2 Å². The maximum absolute atomic E-state index is 9.48. The Balaban J connectivity index is 0.000000140. The number of ether oxygens (including phenoxy) is 1. The minimum atomic E-state index is 0. The van der Waals surface area contributed by atoms with Gasteiger partial charge in [0.25, 0.3) is 0 Å². The number of pyridine rings is 1. The molecule has 0 aliphatic carbocycles. The van der Waals surface area contributed by atoms with Crippen LogP contribution < -0.4 is 22.1 Å². The quantitative estimate of drug-likeness (QED) is 0.130. The smallest absolute Gasteiger partial charge is 0.166 e. The van der Waals surface area contributed by atoms with Gasteiger partial charge in [-0.3, -0.25) is 10.2 Å². The van der Waals surface area contributed by atoms with Gasteiger partial charge in [-0.25, -0.2) is 15.0 Å². The van der Waals surface area contributed by atoms with Crippen LogP contribution in [0, 0.1) is 0 Å². The number of aromatic amines is 5. The molecule has 0 saturated carbocycles. The number of H-pyrrole nitrogens is 5. The zero-order valence-electron chi connectivity index (χ0n) is 31.1. The first kappa shape index (κ1) is 37.2. The van der Waals surface area contributed by atoms with Crippen LogP contribution in [0.15, 0.2) is 164 Å². The van der Waals surface area contributed by atoms with Gasteiger partial charge < -0.3 is 32.2 Å². The average Bonchev–Trinajstić information content (AvgIpc) is 4.09. The lowest BCUT2D eigenvalue weighted by molar-refractivity contribution is -0.377. The molecule has 5 aromatic heterocycles. The third-order valence-corrected chi connectivity index (χ3v) is 9.58. The van der Waals surface area contributed by atoms with Gasteiger partial charge in [0.05, 0.1) is 40.2 Å². The van der Waals surface area contributed by atoms with Crippen molar-refractivity contribution in [3.8, 4) is 56.8 Å². The number of phenolic OH excluding ortho intramolecular Hbond substituents is 1. The Morgan fingerprint density at radius 3 is 1.40 bits per heavy atom. The number of aromatic nitrogens is 9. The fraction of sp³-hybridized carbons (Fsp3) is 0.0217. The van der Waals surface area contributed by atoms with Crippen molar-refractivity contribution in [1.29, 1.82) is 0 Å². The normalized spacial score (nSPS) is 10.8. The molecule has 0 bridgehead atoms. The van der Waals surface area contributed by atoms with Crippen molar-refractivity contribution in [2.75, 3.05) is 7.11 Å². The number of aromatic hydroxyl groups is 1. The standard InChI is InChI=1S/C21H16N4O.C20H14N4O.C5H5N.ClH/c1-26-15-9-6-13(7-10-15)14-8-11-17-16(12-14)20(25-24-17)21-22-18-4-2-3-5-19(18)23-21;25-14-8-5-12(6-9-14)13-7-10-16-15(11-13)19(24-23-16)20-21-17-3-1-2-4-18(17)22-20;1-2-4-6-5-3-1;/h2-12H,1H3,(H,22,23)(H,24,25);1-11,25H,(H,21,22)(H,23,24);1-5H;1H. The molecular weight excluding hydrogens is 746 g/mol. The number of phenols is 1. The zero-order chi connectivity index (χ0) is 38.6. The lowest BCUT2D eigenvalue weighted by Crippen LogP contribution is -3.00. The maximum Gasteiger partial charge on any atom is 0.166 e. The molecule has 11 nitrogen and oxygen atoms in total. The summed E-state index contributed by atoms with van der Waals surface area (Å²) in [6, 6.07) is 49.4. The lowest BCUT2D eigenvalue weighted by atomic mass is 10.0. The highest BCUT2D eigenvalue weighted by molar-refractivity contribution is 5.97. The number of para-hydroxylation sites is 4. The van der Waals surface area contributed by atoms with E-state index >= 15 is 0 Å². The fourth-order valence-electron chi connectivity index (χ4n) is 6.66. The first-order valence-electron chi connectivity index (χ1n) is 18.3. The van der Waals surface area contributed by atoms with Gasteiger partial charge in [0.15, 0.2) is 24.0 Å². The van der Waals surface area contributed by atoms with Crippen LogP contribution in [-0.2, 0) is 0 Å². The molecule has 6 aromatic carbocycles. The predicted molar refractivity (Wildman–Crippen MR) is 224 cm³/mol. The monoisotopic (exact) mass is 781 g/mol. The summed E-state index contributed by atoms with van der Waals surface area (Å²) in [5.74, 6) is 2.62. The molecule has 11 rings (SSSR count). The van der Waals surface area contributed by atoms with Gasteiger partial charge >= 0.3 is 0 Å². The molecule has 0 unspecified atom stereocenters. The fourth-order valence-corrected chi connectivity index (χ4v) is 6.66. The molecule has 0 aliphatic heterocycles. The molecule has 6 N–H and O–H groups in total. The number of fused-ring (bicyclic) bond motifs is 4. The van der Waals surface area contributed by atoms with Crippen LogP contribution in [0.25, 0.3) is 89.2 Å². The van der Waals surface area contributed by atoms with Gasteiger partial charge in [-0.15, -0.1) is 0 Å². The molecule has 11 aromatic rings. The number of rotatable bonds is 5. The SMILES string of the molecule is COc1ccc(-c2ccc3[nH]nc(-c4nc5ccccc5[nH]4)c3c2)cc1.Oc1ccc(-c2ccc3[nH]nc(-c4nc5ccccc5[nH]4)c3c2)cc1.[Cl-].c1cc[nH+]cc1. The average molecular weight is 782 g/mol. The second kappa shape index (κ2) is 16.5. The molecule has 0 amide bonds. The molecule has 0 radical (unpaired) electrons. The Morgan fingerprint density at radius 2 is 0.966 bits per heavy atom. The molecule has 0 fully saturated rings. The topological polar surface area (TPSA) is 158 Å². The summed E-state index contributed by atoms with van der Waals surface area (Å²) < 4.78 is 5.24. The highest BCUT2D eigenvalue weighted by atomic mass is 35.5. The number of benzene rings is 6. The van der Waals surface area contributed by atoms with Gasteiger partial charge in [-0.2, -0.15) is 10.2 Å². The van der Waals surface area contributed by atoms with Crippen LogP contribution in [0.4, 0.5) is 0 Å². The Morgan fingerprint density at radius 1 is 0.500 bits per heavy atom. The molecule has 284 valence electrons. The molecule has 0 spiro atoms. The van der Waals surface area contributed by atoms with E-state index in [-0.39, 0.29) is 18.2 Å². The number of hydrogen-bond donors (Lipinski definition) is 5. The van der Waals surface area contributed by atoms with Crippen LogP contribution in [0.2, 0.25) is 0 Å². The minimum absolute atomic E-state index is 0. The van der Waals surface area contributed by atoms with Crippen molar-refractivity contribution >= 4 is 43.9 Å². The Bertz CT molecular complexity index is 2990. The number of imidazole rings is 2. The van der Waals surface area contributed by atoms with E-state index in [1.165, 1.54) is 0 Å². The Kier molecular flexibility index (Phi) is 10.6. The highest BCUT2D eigenvalue weighted by Gasteiger charge is 2.15. The molecule has 0 aliphatic rings. The Labute approximate surface area is 338 Å². The molecule has 0 atom stereocenters. The number of methoxy groups -OCH3 is 1. The van der Waals surface area contributed by atoms with Crippen molar-refractivity contribution in [2.24, 2.45) is 0 Å². The molecular formula is C46H36ClN9O2. The zero-order valence-corrected chi connectivity index (χ0v) is 31.9. The predicted octanol–water partition coefficient (Wildman–Crippen LogP) is 6.77. The summed E-state index contributed by atoms with van der Waals surface area (Å²) in [7, 11) is 1.67. The summed E-state index contributed by atoms with van der Waals surface area (Å²) in [6.07, 6.45) is 3.75. The van der Waals surface area contributed by atoms with E-state index in [2.05, 4.69) is 75.6 Å². The molecule has 0 saturated heterocycles. The number of halogens is 1.